The number of esters is 1. The van der Waals surface area contributed by atoms with Crippen molar-refractivity contribution in [3.05, 3.63) is 47.5 Å². The van der Waals surface area contributed by atoms with Gasteiger partial charge in [0.05, 0.1) is 0 Å². The minimum Gasteiger partial charge on any atom is -0.454 e. The van der Waals surface area contributed by atoms with Crippen molar-refractivity contribution in [1.82, 2.24) is 10.6 Å². The Kier molecular flexibility index (Phi) is 5.55. The number of amides is 2. The number of hydrogen-bond acceptors (Lipinski definition) is 8. The van der Waals surface area contributed by atoms with Gasteiger partial charge >= 0.3 is 5.97 Å². The normalized spacial score (nSPS) is 12.9. The van der Waals surface area contributed by atoms with Crippen molar-refractivity contribution in [2.45, 2.75) is 6.54 Å². The van der Waals surface area contributed by atoms with Crippen LogP contribution in [0.15, 0.2) is 36.4 Å². The van der Waals surface area contributed by atoms with Crippen molar-refractivity contribution in [1.29, 1.82) is 0 Å². The van der Waals surface area contributed by atoms with Crippen LogP contribution in [0, 0.1) is 0 Å². The standard InChI is InChI=1S/C20H18N2O8/c23-18(21-7-12-1-3-14-16(5-12)29-10-27-14)9-26-19(24)8-22-20(25)13-2-4-15-17(6-13)30-11-28-15/h1-6H,7-11H2,(H,21,23)(H,22,25). The third-order valence-corrected chi connectivity index (χ3v) is 4.32. The molecule has 0 aromatic heterocycles. The molecule has 0 spiro atoms. The van der Waals surface area contributed by atoms with Crippen molar-refractivity contribution < 1.29 is 38.1 Å². The molecule has 2 aliphatic heterocycles. The van der Waals surface area contributed by atoms with Gasteiger partial charge in [-0.05, 0) is 35.9 Å². The predicted octanol–water partition coefficient (Wildman–Crippen LogP) is 0.733. The third kappa shape index (κ3) is 4.54. The van der Waals surface area contributed by atoms with Crippen LogP contribution in [-0.2, 0) is 20.9 Å². The lowest BCUT2D eigenvalue weighted by Gasteiger charge is -2.08. The van der Waals surface area contributed by atoms with Gasteiger partial charge in [0.1, 0.15) is 6.54 Å². The number of carbonyl (C=O) groups excluding carboxylic acids is 3. The number of carbonyl (C=O) groups is 3. The molecule has 156 valence electrons. The van der Waals surface area contributed by atoms with Gasteiger partial charge in [-0.2, -0.15) is 0 Å². The summed E-state index contributed by atoms with van der Waals surface area (Å²) in [5.74, 6) is 0.609. The van der Waals surface area contributed by atoms with E-state index in [0.29, 0.717) is 28.6 Å². The Labute approximate surface area is 171 Å². The summed E-state index contributed by atoms with van der Waals surface area (Å²) in [6.45, 7) is -0.310. The van der Waals surface area contributed by atoms with Gasteiger partial charge in [0.25, 0.3) is 11.8 Å². The van der Waals surface area contributed by atoms with Crippen LogP contribution in [-0.4, -0.2) is 44.5 Å². The molecule has 10 nitrogen and oxygen atoms in total. The molecule has 0 saturated carbocycles. The molecule has 2 amide bonds. The monoisotopic (exact) mass is 414 g/mol. The molecular formula is C20H18N2O8. The quantitative estimate of drug-likeness (QED) is 0.636. The fourth-order valence-corrected chi connectivity index (χ4v) is 2.79. The highest BCUT2D eigenvalue weighted by molar-refractivity contribution is 5.96. The number of rotatable bonds is 7. The van der Waals surface area contributed by atoms with Crippen LogP contribution in [0.4, 0.5) is 0 Å². The van der Waals surface area contributed by atoms with Crippen LogP contribution >= 0.6 is 0 Å². The van der Waals surface area contributed by atoms with Crippen LogP contribution in [0.25, 0.3) is 0 Å². The molecule has 0 radical (unpaired) electrons. The summed E-state index contributed by atoms with van der Waals surface area (Å²) in [5.41, 5.74) is 1.13. The predicted molar refractivity (Wildman–Crippen MR) is 100 cm³/mol. The first-order valence-electron chi connectivity index (χ1n) is 9.07. The zero-order chi connectivity index (χ0) is 20.9. The Hall–Kier alpha value is -3.95. The Bertz CT molecular complexity index is 991. The van der Waals surface area contributed by atoms with Crippen molar-refractivity contribution in [3.8, 4) is 23.0 Å². The summed E-state index contributed by atoms with van der Waals surface area (Å²) in [7, 11) is 0. The van der Waals surface area contributed by atoms with Gasteiger partial charge in [-0.1, -0.05) is 6.07 Å². The number of nitrogens with one attached hydrogen (secondary N) is 2. The molecule has 4 rings (SSSR count). The van der Waals surface area contributed by atoms with Crippen molar-refractivity contribution >= 4 is 17.8 Å². The summed E-state index contributed by atoms with van der Waals surface area (Å²) in [6, 6.07) is 10.0. The van der Waals surface area contributed by atoms with E-state index in [2.05, 4.69) is 10.6 Å². The maximum absolute atomic E-state index is 12.1. The van der Waals surface area contributed by atoms with Crippen LogP contribution < -0.4 is 29.6 Å². The van der Waals surface area contributed by atoms with E-state index in [1.807, 2.05) is 0 Å². The molecule has 2 heterocycles. The first-order valence-corrected chi connectivity index (χ1v) is 9.07. The summed E-state index contributed by atoms with van der Waals surface area (Å²) in [6.07, 6.45) is 0. The molecule has 0 fully saturated rings. The van der Waals surface area contributed by atoms with Gasteiger partial charge in [-0.3, -0.25) is 14.4 Å². The average molecular weight is 414 g/mol. The van der Waals surface area contributed by atoms with Gasteiger partial charge in [0, 0.05) is 12.1 Å². The van der Waals surface area contributed by atoms with Crippen molar-refractivity contribution in [2.75, 3.05) is 26.7 Å². The number of fused-ring (bicyclic) bond motifs is 2. The van der Waals surface area contributed by atoms with E-state index in [0.717, 1.165) is 5.56 Å². The highest BCUT2D eigenvalue weighted by Gasteiger charge is 2.17. The van der Waals surface area contributed by atoms with Gasteiger partial charge in [-0.25, -0.2) is 0 Å². The zero-order valence-corrected chi connectivity index (χ0v) is 15.8. The maximum atomic E-state index is 12.1. The van der Waals surface area contributed by atoms with Crippen molar-refractivity contribution in [2.24, 2.45) is 0 Å². The minimum atomic E-state index is -0.734. The lowest BCUT2D eigenvalue weighted by molar-refractivity contribution is -0.147. The van der Waals surface area contributed by atoms with E-state index < -0.39 is 24.4 Å². The summed E-state index contributed by atoms with van der Waals surface area (Å²) in [4.78, 5) is 35.8. The Morgan fingerprint density at radius 2 is 1.50 bits per heavy atom. The molecule has 0 atom stereocenters. The molecular weight excluding hydrogens is 396 g/mol. The molecule has 10 heteroatoms. The Morgan fingerprint density at radius 1 is 0.833 bits per heavy atom. The fourth-order valence-electron chi connectivity index (χ4n) is 2.79. The number of benzene rings is 2. The van der Waals surface area contributed by atoms with Gasteiger partial charge in [0.15, 0.2) is 29.6 Å². The minimum absolute atomic E-state index is 0.101. The van der Waals surface area contributed by atoms with E-state index in [1.165, 1.54) is 6.07 Å². The number of ether oxygens (including phenoxy) is 5. The number of hydrogen-bond donors (Lipinski definition) is 2. The first kappa shape index (κ1) is 19.4. The topological polar surface area (TPSA) is 121 Å². The molecule has 0 saturated heterocycles. The highest BCUT2D eigenvalue weighted by Crippen LogP contribution is 2.33. The van der Waals surface area contributed by atoms with E-state index in [9.17, 15) is 14.4 Å². The fraction of sp³-hybridized carbons (Fsp3) is 0.250. The summed E-state index contributed by atoms with van der Waals surface area (Å²) in [5, 5.41) is 5.06. The second-order valence-corrected chi connectivity index (χ2v) is 6.38. The van der Waals surface area contributed by atoms with Gasteiger partial charge < -0.3 is 34.3 Å². The SMILES string of the molecule is O=C(COC(=O)CNC(=O)c1ccc2c(c1)OCO2)NCc1ccc2c(c1)OCO2. The third-order valence-electron chi connectivity index (χ3n) is 4.32. The van der Waals surface area contributed by atoms with Crippen LogP contribution in [0.2, 0.25) is 0 Å². The van der Waals surface area contributed by atoms with Gasteiger partial charge in [0.2, 0.25) is 13.6 Å². The van der Waals surface area contributed by atoms with Crippen molar-refractivity contribution in [3.63, 3.8) is 0 Å². The molecule has 2 N–H and O–H groups in total. The maximum Gasteiger partial charge on any atom is 0.325 e. The molecule has 2 aromatic rings. The Balaban J connectivity index is 1.16. The molecule has 30 heavy (non-hydrogen) atoms. The second-order valence-electron chi connectivity index (χ2n) is 6.38. The lowest BCUT2D eigenvalue weighted by atomic mass is 10.2. The van der Waals surface area contributed by atoms with Crippen LogP contribution in [0.5, 0.6) is 23.0 Å². The average Bonchev–Trinajstić information content (AvgIpc) is 3.42. The molecule has 2 aromatic carbocycles. The lowest BCUT2D eigenvalue weighted by Crippen LogP contribution is -2.33. The highest BCUT2D eigenvalue weighted by atomic mass is 16.7. The second kappa shape index (κ2) is 8.60. The van der Waals surface area contributed by atoms with Gasteiger partial charge in [-0.15, -0.1) is 0 Å². The molecule has 2 aliphatic rings. The summed E-state index contributed by atoms with van der Waals surface area (Å²) < 4.78 is 25.7. The smallest absolute Gasteiger partial charge is 0.325 e. The largest absolute Gasteiger partial charge is 0.454 e. The van der Waals surface area contributed by atoms with E-state index in [4.69, 9.17) is 23.7 Å². The zero-order valence-electron chi connectivity index (χ0n) is 15.8. The van der Waals surface area contributed by atoms with E-state index in [1.54, 1.807) is 30.3 Å². The first-order chi connectivity index (χ1) is 14.6. The summed E-state index contributed by atoms with van der Waals surface area (Å²) >= 11 is 0. The van der Waals surface area contributed by atoms with E-state index >= 15 is 0 Å². The Morgan fingerprint density at radius 3 is 2.27 bits per heavy atom. The van der Waals surface area contributed by atoms with Crippen LogP contribution in [0.3, 0.4) is 0 Å². The molecule has 0 unspecified atom stereocenters. The molecule has 0 bridgehead atoms. The van der Waals surface area contributed by atoms with E-state index in [-0.39, 0.29) is 26.7 Å². The van der Waals surface area contributed by atoms with Crippen LogP contribution in [0.1, 0.15) is 15.9 Å². The molecule has 0 aliphatic carbocycles.